The summed E-state index contributed by atoms with van der Waals surface area (Å²) in [4.78, 5) is 0. The summed E-state index contributed by atoms with van der Waals surface area (Å²) in [6.07, 6.45) is 1.50. The number of hydrogen-bond acceptors (Lipinski definition) is 3. The van der Waals surface area contributed by atoms with E-state index in [0.717, 1.165) is 6.26 Å². The molecule has 0 aliphatic rings. The first kappa shape index (κ1) is 12.7. The Labute approximate surface area is 89.3 Å². The monoisotopic (exact) mass is 320 g/mol. The first-order valence-corrected chi connectivity index (χ1v) is 7.30. The van der Waals surface area contributed by atoms with Gasteiger partial charge < -0.3 is 4.52 Å². The lowest BCUT2D eigenvalue weighted by molar-refractivity contribution is 0.266. The van der Waals surface area contributed by atoms with Crippen molar-refractivity contribution in [3.63, 3.8) is 0 Å². The van der Waals surface area contributed by atoms with Crippen molar-refractivity contribution in [3.05, 3.63) is 12.8 Å². The molecule has 1 unspecified atom stereocenters. The minimum absolute atomic E-state index is 0.353. The van der Waals surface area contributed by atoms with Crippen LogP contribution in [0.2, 0.25) is 0 Å². The Balaban J connectivity index is 3.98. The predicted molar refractivity (Wildman–Crippen MR) is 57.3 cm³/mol. The molecule has 0 rings (SSSR count). The molecule has 3 nitrogen and oxygen atoms in total. The minimum atomic E-state index is -2.93. The highest BCUT2D eigenvalue weighted by Crippen LogP contribution is 2.48. The molecule has 0 aromatic carbocycles. The summed E-state index contributed by atoms with van der Waals surface area (Å²) in [5.74, 6) is 0. The molecule has 0 heterocycles. The van der Waals surface area contributed by atoms with Gasteiger partial charge in [-0.05, 0) is 0 Å². The van der Waals surface area contributed by atoms with Gasteiger partial charge in [-0.1, -0.05) is 38.4 Å². The normalized spacial score (nSPS) is 15.2. The zero-order valence-corrected chi connectivity index (χ0v) is 10.6. The average Bonchev–Trinajstić information content (AvgIpc) is 2.02. The molecule has 0 aliphatic carbocycles. The predicted octanol–water partition coefficient (Wildman–Crippen LogP) is 3.15. The SMILES string of the molecule is C=COP(=O)(CCBr)OCCBr. The molecule has 0 saturated carbocycles. The van der Waals surface area contributed by atoms with E-state index < -0.39 is 7.60 Å². The molecule has 72 valence electrons. The molecule has 0 fully saturated rings. The summed E-state index contributed by atoms with van der Waals surface area (Å²) in [5.41, 5.74) is 0. The Hall–Kier alpha value is 0.690. The van der Waals surface area contributed by atoms with Crippen LogP contribution in [0.25, 0.3) is 0 Å². The summed E-state index contributed by atoms with van der Waals surface area (Å²) in [5, 5.41) is 1.22. The lowest BCUT2D eigenvalue weighted by atomic mass is 10.9. The van der Waals surface area contributed by atoms with Crippen LogP contribution in [0.4, 0.5) is 0 Å². The maximum atomic E-state index is 11.6. The van der Waals surface area contributed by atoms with Crippen molar-refractivity contribution >= 4 is 39.5 Å². The minimum Gasteiger partial charge on any atom is -0.433 e. The second kappa shape index (κ2) is 7.13. The highest BCUT2D eigenvalue weighted by Gasteiger charge is 2.22. The summed E-state index contributed by atoms with van der Waals surface area (Å²) in [6.45, 7) is 3.71. The van der Waals surface area contributed by atoms with E-state index in [1.165, 1.54) is 0 Å². The number of halogens is 2. The number of hydrogen-bond donors (Lipinski definition) is 0. The fourth-order valence-corrected chi connectivity index (χ4v) is 3.35. The molecular weight excluding hydrogens is 311 g/mol. The van der Waals surface area contributed by atoms with E-state index in [1.54, 1.807) is 0 Å². The van der Waals surface area contributed by atoms with E-state index >= 15 is 0 Å². The Kier molecular flexibility index (Phi) is 7.54. The Bertz CT molecular complexity index is 174. The summed E-state index contributed by atoms with van der Waals surface area (Å²) >= 11 is 6.33. The summed E-state index contributed by atoms with van der Waals surface area (Å²) in [6, 6.07) is 0. The van der Waals surface area contributed by atoms with Crippen molar-refractivity contribution in [2.75, 3.05) is 23.4 Å². The molecule has 0 aromatic heterocycles. The second-order valence-electron chi connectivity index (χ2n) is 1.82. The second-order valence-corrected chi connectivity index (χ2v) is 5.54. The average molecular weight is 322 g/mol. The molecular formula is C6H11Br2O3P. The van der Waals surface area contributed by atoms with E-state index in [2.05, 4.69) is 38.4 Å². The molecule has 0 N–H and O–H groups in total. The van der Waals surface area contributed by atoms with Crippen LogP contribution in [0.3, 0.4) is 0 Å². The third kappa shape index (κ3) is 5.36. The van der Waals surface area contributed by atoms with Crippen molar-refractivity contribution in [1.29, 1.82) is 0 Å². The van der Waals surface area contributed by atoms with Gasteiger partial charge in [0.05, 0.1) is 19.0 Å². The van der Waals surface area contributed by atoms with Crippen LogP contribution in [-0.2, 0) is 13.6 Å². The highest BCUT2D eigenvalue weighted by molar-refractivity contribution is 9.09. The van der Waals surface area contributed by atoms with E-state index in [0.29, 0.717) is 23.4 Å². The Morgan fingerprint density at radius 2 is 2.08 bits per heavy atom. The lowest BCUT2D eigenvalue weighted by Gasteiger charge is -2.14. The Morgan fingerprint density at radius 3 is 2.50 bits per heavy atom. The third-order valence-electron chi connectivity index (χ3n) is 0.959. The van der Waals surface area contributed by atoms with Gasteiger partial charge in [-0.2, -0.15) is 0 Å². The molecule has 0 saturated heterocycles. The van der Waals surface area contributed by atoms with Crippen molar-refractivity contribution < 1.29 is 13.6 Å². The fourth-order valence-electron chi connectivity index (χ4n) is 0.538. The van der Waals surface area contributed by atoms with Crippen LogP contribution in [0.5, 0.6) is 0 Å². The molecule has 1 atom stereocenters. The molecule has 0 spiro atoms. The van der Waals surface area contributed by atoms with Gasteiger partial charge in [0.15, 0.2) is 0 Å². The quantitative estimate of drug-likeness (QED) is 0.410. The van der Waals surface area contributed by atoms with Crippen LogP contribution in [-0.4, -0.2) is 23.4 Å². The van der Waals surface area contributed by atoms with Gasteiger partial charge in [0.1, 0.15) is 0 Å². The van der Waals surface area contributed by atoms with Crippen molar-refractivity contribution in [2.24, 2.45) is 0 Å². The van der Waals surface area contributed by atoms with E-state index in [1.807, 2.05) is 0 Å². The van der Waals surface area contributed by atoms with E-state index in [4.69, 9.17) is 9.05 Å². The van der Waals surface area contributed by atoms with Gasteiger partial charge in [0, 0.05) is 10.7 Å². The maximum absolute atomic E-state index is 11.6. The third-order valence-corrected chi connectivity index (χ3v) is 4.11. The number of rotatable bonds is 7. The molecule has 0 radical (unpaired) electrons. The first-order chi connectivity index (χ1) is 5.68. The summed E-state index contributed by atoms with van der Waals surface area (Å²) < 4.78 is 21.5. The van der Waals surface area contributed by atoms with Gasteiger partial charge in [-0.3, -0.25) is 4.52 Å². The van der Waals surface area contributed by atoms with Crippen LogP contribution in [0.1, 0.15) is 0 Å². The van der Waals surface area contributed by atoms with Crippen LogP contribution >= 0.6 is 39.5 Å². The van der Waals surface area contributed by atoms with Gasteiger partial charge >= 0.3 is 7.60 Å². The number of alkyl halides is 2. The van der Waals surface area contributed by atoms with E-state index in [-0.39, 0.29) is 0 Å². The van der Waals surface area contributed by atoms with Gasteiger partial charge in [0.2, 0.25) is 0 Å². The fraction of sp³-hybridized carbons (Fsp3) is 0.667. The molecule has 0 amide bonds. The highest BCUT2D eigenvalue weighted by atomic mass is 79.9. The Morgan fingerprint density at radius 1 is 1.42 bits per heavy atom. The molecule has 12 heavy (non-hydrogen) atoms. The van der Waals surface area contributed by atoms with Gasteiger partial charge in [0.25, 0.3) is 0 Å². The standard InChI is InChI=1S/C6H11Br2O3P/c1-2-10-12(9,6-4-8)11-5-3-7/h2H,1,3-6H2. The van der Waals surface area contributed by atoms with Gasteiger partial charge in [-0.15, -0.1) is 0 Å². The zero-order valence-electron chi connectivity index (χ0n) is 6.54. The molecule has 0 aromatic rings. The van der Waals surface area contributed by atoms with Crippen molar-refractivity contribution in [1.82, 2.24) is 0 Å². The largest absolute Gasteiger partial charge is 0.433 e. The van der Waals surface area contributed by atoms with Gasteiger partial charge in [-0.25, -0.2) is 4.57 Å². The van der Waals surface area contributed by atoms with Crippen molar-refractivity contribution in [3.8, 4) is 0 Å². The van der Waals surface area contributed by atoms with E-state index in [9.17, 15) is 4.57 Å². The first-order valence-electron chi connectivity index (χ1n) is 3.33. The lowest BCUT2D eigenvalue weighted by Crippen LogP contribution is -2.00. The smallest absolute Gasteiger partial charge is 0.379 e. The molecule has 0 bridgehead atoms. The maximum Gasteiger partial charge on any atom is 0.379 e. The molecule has 6 heteroatoms. The van der Waals surface area contributed by atoms with Crippen LogP contribution in [0.15, 0.2) is 12.8 Å². The topological polar surface area (TPSA) is 35.5 Å². The molecule has 0 aliphatic heterocycles. The van der Waals surface area contributed by atoms with Crippen LogP contribution < -0.4 is 0 Å². The summed E-state index contributed by atoms with van der Waals surface area (Å²) in [7, 11) is -2.93. The zero-order chi connectivity index (χ0) is 9.45. The van der Waals surface area contributed by atoms with Crippen molar-refractivity contribution in [2.45, 2.75) is 0 Å². The van der Waals surface area contributed by atoms with Crippen LogP contribution in [0, 0.1) is 0 Å².